The molecular weight excluding hydrogens is 320 g/mol. The van der Waals surface area contributed by atoms with Gasteiger partial charge in [0.1, 0.15) is 6.04 Å². The van der Waals surface area contributed by atoms with Crippen molar-refractivity contribution >= 4 is 22.0 Å². The van der Waals surface area contributed by atoms with Gasteiger partial charge in [0.05, 0.1) is 4.90 Å². The molecule has 0 radical (unpaired) electrons. The summed E-state index contributed by atoms with van der Waals surface area (Å²) < 4.78 is 26.3. The second-order valence-electron chi connectivity index (χ2n) is 5.01. The predicted molar refractivity (Wildman–Crippen MR) is 87.7 cm³/mol. The summed E-state index contributed by atoms with van der Waals surface area (Å²) in [4.78, 5) is 14.8. The van der Waals surface area contributed by atoms with E-state index in [0.29, 0.717) is 12.8 Å². The van der Waals surface area contributed by atoms with Crippen LogP contribution in [0.5, 0.6) is 0 Å². The van der Waals surface area contributed by atoms with E-state index in [1.807, 2.05) is 6.92 Å². The molecule has 0 bridgehead atoms. The first kappa shape index (κ1) is 18.9. The summed E-state index contributed by atoms with van der Waals surface area (Å²) >= 11 is 0. The van der Waals surface area contributed by atoms with Gasteiger partial charge in [-0.2, -0.15) is 0 Å². The number of carboxylic acids is 1. The molecule has 0 aliphatic carbocycles. The summed E-state index contributed by atoms with van der Waals surface area (Å²) in [5.74, 6) is -1.16. The minimum absolute atomic E-state index is 0.0994. The molecule has 9 heteroatoms. The van der Waals surface area contributed by atoms with E-state index in [-0.39, 0.29) is 17.4 Å². The highest BCUT2D eigenvalue weighted by Crippen LogP contribution is 2.09. The van der Waals surface area contributed by atoms with E-state index in [9.17, 15) is 13.2 Å². The number of aliphatic carboxylic acids is 1. The molecule has 0 amide bonds. The van der Waals surface area contributed by atoms with E-state index in [2.05, 4.69) is 15.0 Å². The van der Waals surface area contributed by atoms with E-state index in [1.165, 1.54) is 12.1 Å². The smallest absolute Gasteiger partial charge is 0.320 e. The highest BCUT2D eigenvalue weighted by atomic mass is 32.2. The Kier molecular flexibility index (Phi) is 6.98. The third kappa shape index (κ3) is 6.25. The van der Waals surface area contributed by atoms with Gasteiger partial charge in [0, 0.05) is 6.54 Å². The van der Waals surface area contributed by atoms with Crippen molar-refractivity contribution in [2.45, 2.75) is 30.7 Å². The van der Waals surface area contributed by atoms with Crippen molar-refractivity contribution in [3.8, 4) is 0 Å². The highest BCUT2D eigenvalue weighted by molar-refractivity contribution is 7.90. The number of carbonyl (C=O) groups is 1. The summed E-state index contributed by atoms with van der Waals surface area (Å²) in [6.07, 6.45) is 0.831. The van der Waals surface area contributed by atoms with Crippen LogP contribution >= 0.6 is 0 Å². The minimum Gasteiger partial charge on any atom is -0.480 e. The highest BCUT2D eigenvalue weighted by Gasteiger charge is 2.15. The second kappa shape index (κ2) is 8.49. The van der Waals surface area contributed by atoms with Crippen LogP contribution in [-0.2, 0) is 14.8 Å². The lowest BCUT2D eigenvalue weighted by Crippen LogP contribution is -2.37. The van der Waals surface area contributed by atoms with Gasteiger partial charge < -0.3 is 16.2 Å². The second-order valence-corrected chi connectivity index (χ2v) is 6.69. The van der Waals surface area contributed by atoms with Crippen LogP contribution in [0.25, 0.3) is 0 Å². The third-order valence-electron chi connectivity index (χ3n) is 3.15. The molecule has 0 heterocycles. The summed E-state index contributed by atoms with van der Waals surface area (Å²) in [5.41, 5.74) is 6.51. The number of sulfonamides is 1. The molecule has 8 nitrogen and oxygen atoms in total. The van der Waals surface area contributed by atoms with Crippen LogP contribution in [0.2, 0.25) is 0 Å². The first-order valence-electron chi connectivity index (χ1n) is 7.05. The predicted octanol–water partition coefficient (Wildman–Crippen LogP) is 0.0408. The molecular formula is C14H22N4O4S. The molecule has 1 aromatic carbocycles. The lowest BCUT2D eigenvalue weighted by molar-refractivity contribution is -0.139. The molecule has 0 aliphatic rings. The van der Waals surface area contributed by atoms with E-state index >= 15 is 0 Å². The van der Waals surface area contributed by atoms with Crippen molar-refractivity contribution < 1.29 is 18.3 Å². The molecule has 23 heavy (non-hydrogen) atoms. The van der Waals surface area contributed by atoms with Crippen LogP contribution < -0.4 is 15.8 Å². The topological polar surface area (TPSA) is 134 Å². The first-order chi connectivity index (χ1) is 10.8. The average molecular weight is 342 g/mol. The Morgan fingerprint density at radius 3 is 2.48 bits per heavy atom. The fourth-order valence-electron chi connectivity index (χ4n) is 1.83. The van der Waals surface area contributed by atoms with Crippen LogP contribution in [-0.4, -0.2) is 45.1 Å². The number of benzene rings is 1. The van der Waals surface area contributed by atoms with Crippen LogP contribution in [0, 0.1) is 6.92 Å². The van der Waals surface area contributed by atoms with E-state index in [0.717, 1.165) is 5.56 Å². The number of guanidine groups is 1. The molecule has 1 aromatic rings. The zero-order chi connectivity index (χ0) is 17.5. The van der Waals surface area contributed by atoms with Crippen LogP contribution in [0.1, 0.15) is 18.4 Å². The number of rotatable bonds is 8. The van der Waals surface area contributed by atoms with Crippen molar-refractivity contribution in [2.24, 2.45) is 10.7 Å². The van der Waals surface area contributed by atoms with Gasteiger partial charge in [-0.3, -0.25) is 9.79 Å². The summed E-state index contributed by atoms with van der Waals surface area (Å²) in [6, 6.07) is 5.68. The van der Waals surface area contributed by atoms with Crippen LogP contribution in [0.15, 0.2) is 34.2 Å². The van der Waals surface area contributed by atoms with E-state index < -0.39 is 22.0 Å². The van der Waals surface area contributed by atoms with Gasteiger partial charge >= 0.3 is 5.97 Å². The Bertz CT molecular complexity index is 656. The summed E-state index contributed by atoms with van der Waals surface area (Å²) in [7, 11) is -2.20. The Balaban J connectivity index is 2.56. The number of carboxylic acid groups (broad SMARTS) is 1. The van der Waals surface area contributed by atoms with Crippen molar-refractivity contribution in [3.63, 3.8) is 0 Å². The fraction of sp³-hybridized carbons (Fsp3) is 0.429. The molecule has 0 unspecified atom stereocenters. The Hall–Kier alpha value is -2.13. The van der Waals surface area contributed by atoms with Crippen LogP contribution in [0.4, 0.5) is 0 Å². The maximum Gasteiger partial charge on any atom is 0.320 e. The summed E-state index contributed by atoms with van der Waals surface area (Å²) in [5, 5.41) is 11.5. The number of nitrogens with zero attached hydrogens (tertiary/aromatic N) is 1. The molecule has 1 rings (SSSR count). The number of likely N-dealkylation sites (N-methyl/N-ethyl adjacent to an activating group) is 1. The normalized spacial score (nSPS) is 13.6. The lowest BCUT2D eigenvalue weighted by Gasteiger charge is -2.10. The van der Waals surface area contributed by atoms with Crippen LogP contribution in [0.3, 0.4) is 0 Å². The van der Waals surface area contributed by atoms with Gasteiger partial charge in [-0.25, -0.2) is 13.1 Å². The Morgan fingerprint density at radius 1 is 1.35 bits per heavy atom. The quantitative estimate of drug-likeness (QED) is 0.299. The Morgan fingerprint density at radius 2 is 1.96 bits per heavy atom. The average Bonchev–Trinajstić information content (AvgIpc) is 2.46. The molecule has 0 fully saturated rings. The molecule has 128 valence electrons. The number of aliphatic imine (C=N–C) groups is 1. The molecule has 0 aromatic heterocycles. The van der Waals surface area contributed by atoms with Gasteiger partial charge in [-0.05, 0) is 38.9 Å². The monoisotopic (exact) mass is 342 g/mol. The SMILES string of the molecule is CN[C@@H](CCCN=C(N)NS(=O)(=O)c1ccc(C)cc1)C(=O)O. The van der Waals surface area contributed by atoms with Gasteiger partial charge in [0.15, 0.2) is 0 Å². The molecule has 0 spiro atoms. The van der Waals surface area contributed by atoms with Gasteiger partial charge in [-0.1, -0.05) is 17.7 Å². The zero-order valence-electron chi connectivity index (χ0n) is 13.1. The molecule has 5 N–H and O–H groups in total. The molecule has 0 saturated heterocycles. The van der Waals surface area contributed by atoms with Crippen molar-refractivity contribution in [1.82, 2.24) is 10.0 Å². The minimum atomic E-state index is -3.76. The van der Waals surface area contributed by atoms with Crippen molar-refractivity contribution in [2.75, 3.05) is 13.6 Å². The number of nitrogens with one attached hydrogen (secondary N) is 2. The number of nitrogens with two attached hydrogens (primary N) is 1. The molecule has 1 atom stereocenters. The molecule has 0 aliphatic heterocycles. The molecule has 0 saturated carbocycles. The third-order valence-corrected chi connectivity index (χ3v) is 4.52. The fourth-order valence-corrected chi connectivity index (χ4v) is 2.78. The van der Waals surface area contributed by atoms with Crippen molar-refractivity contribution in [3.05, 3.63) is 29.8 Å². The standard InChI is InChI=1S/C14H22N4O4S/c1-10-5-7-11(8-6-10)23(21,22)18-14(15)17-9-3-4-12(16-2)13(19)20/h5-8,12,16H,3-4,9H2,1-2H3,(H,19,20)(H3,15,17,18)/t12-/m0/s1. The maximum absolute atomic E-state index is 12.1. The van der Waals surface area contributed by atoms with Gasteiger partial charge in [0.2, 0.25) is 5.96 Å². The van der Waals surface area contributed by atoms with Gasteiger partial charge in [-0.15, -0.1) is 0 Å². The largest absolute Gasteiger partial charge is 0.480 e. The van der Waals surface area contributed by atoms with Crippen molar-refractivity contribution in [1.29, 1.82) is 0 Å². The number of hydrogen-bond donors (Lipinski definition) is 4. The first-order valence-corrected chi connectivity index (χ1v) is 8.54. The summed E-state index contributed by atoms with van der Waals surface area (Å²) in [6.45, 7) is 2.09. The number of hydrogen-bond acceptors (Lipinski definition) is 5. The zero-order valence-corrected chi connectivity index (χ0v) is 13.9. The Labute approximate surface area is 135 Å². The lowest BCUT2D eigenvalue weighted by atomic mass is 10.1. The van der Waals surface area contributed by atoms with E-state index in [1.54, 1.807) is 19.2 Å². The van der Waals surface area contributed by atoms with E-state index in [4.69, 9.17) is 10.8 Å². The van der Waals surface area contributed by atoms with Gasteiger partial charge in [0.25, 0.3) is 10.0 Å². The number of aryl methyl sites for hydroxylation is 1. The maximum atomic E-state index is 12.1.